The van der Waals surface area contributed by atoms with Crippen LogP contribution < -0.4 is 14.7 Å². The summed E-state index contributed by atoms with van der Waals surface area (Å²) < 4.78 is 13.7. The van der Waals surface area contributed by atoms with Gasteiger partial charge in [0.05, 0.1) is 17.8 Å². The Morgan fingerprint density at radius 2 is 1.90 bits per heavy atom. The van der Waals surface area contributed by atoms with Crippen LogP contribution in [0.5, 0.6) is 5.75 Å². The second-order valence-corrected chi connectivity index (χ2v) is 8.86. The number of carbonyl (C=O) groups is 1. The number of fused-ring (bicyclic) bond motifs is 2. The lowest BCUT2D eigenvalue weighted by molar-refractivity contribution is -0.633. The molecule has 0 aliphatic carbocycles. The minimum Gasteiger partial charge on any atom is -0.460 e. The third-order valence-electron chi connectivity index (χ3n) is 5.54. The minimum atomic E-state index is -0.634. The first-order chi connectivity index (χ1) is 14.6. The van der Waals surface area contributed by atoms with Gasteiger partial charge in [-0.05, 0) is 57.9 Å². The Kier molecular flexibility index (Phi) is 4.96. The van der Waals surface area contributed by atoms with Gasteiger partial charge < -0.3 is 9.15 Å². The molecule has 0 bridgehead atoms. The number of aryl methyl sites for hydroxylation is 3. The Morgan fingerprint density at radius 1 is 1.19 bits per heavy atom. The summed E-state index contributed by atoms with van der Waals surface area (Å²) in [6, 6.07) is 11.3. The van der Waals surface area contributed by atoms with E-state index >= 15 is 0 Å². The zero-order valence-electron chi connectivity index (χ0n) is 18.8. The van der Waals surface area contributed by atoms with E-state index in [9.17, 15) is 9.59 Å². The Hall–Kier alpha value is -3.41. The number of H-pyrrole nitrogens is 1. The van der Waals surface area contributed by atoms with Crippen molar-refractivity contribution in [2.45, 2.75) is 41.0 Å². The summed E-state index contributed by atoms with van der Waals surface area (Å²) in [7, 11) is 1.92. The molecule has 0 radical (unpaired) electrons. The third-order valence-corrected chi connectivity index (χ3v) is 5.54. The number of esters is 1. The molecule has 0 amide bonds. The molecule has 31 heavy (non-hydrogen) atoms. The van der Waals surface area contributed by atoms with E-state index in [0.29, 0.717) is 40.3 Å². The maximum atomic E-state index is 13.5. The van der Waals surface area contributed by atoms with Crippen molar-refractivity contribution in [3.63, 3.8) is 0 Å². The van der Waals surface area contributed by atoms with E-state index in [1.807, 2.05) is 42.8 Å². The van der Waals surface area contributed by atoms with Crippen LogP contribution in [0.1, 0.15) is 39.0 Å². The fraction of sp³-hybridized carbons (Fsp3) is 0.320. The van der Waals surface area contributed by atoms with Crippen molar-refractivity contribution in [3.05, 3.63) is 57.9 Å². The first kappa shape index (κ1) is 20.8. The number of ether oxygens (including phenoxy) is 1. The van der Waals surface area contributed by atoms with Crippen LogP contribution in [0.25, 0.3) is 33.4 Å². The van der Waals surface area contributed by atoms with Gasteiger partial charge in [0.1, 0.15) is 22.7 Å². The lowest BCUT2D eigenvalue weighted by atomic mass is 9.97. The largest absolute Gasteiger partial charge is 0.460 e. The fourth-order valence-corrected chi connectivity index (χ4v) is 3.71. The van der Waals surface area contributed by atoms with E-state index in [-0.39, 0.29) is 11.4 Å². The van der Waals surface area contributed by atoms with Crippen molar-refractivity contribution in [1.82, 2.24) is 4.98 Å². The number of benzene rings is 2. The summed E-state index contributed by atoms with van der Waals surface area (Å²) >= 11 is 0. The zero-order valence-corrected chi connectivity index (χ0v) is 18.8. The van der Waals surface area contributed by atoms with Gasteiger partial charge in [0.2, 0.25) is 5.43 Å². The Balaban J connectivity index is 1.92. The SMILES string of the molecule is CCc1cc2c(=O)c(-c3[nH]c4ccccc4[n+]3C)c(C)oc2cc1OC(=O)C(C)(C)C. The van der Waals surface area contributed by atoms with E-state index in [4.69, 9.17) is 9.15 Å². The maximum Gasteiger partial charge on any atom is 0.316 e. The monoisotopic (exact) mass is 419 g/mol. The Bertz CT molecular complexity index is 1390. The average Bonchev–Trinajstić information content (AvgIpc) is 3.03. The molecule has 6 nitrogen and oxygen atoms in total. The normalized spacial score (nSPS) is 11.9. The van der Waals surface area contributed by atoms with Crippen LogP contribution in [0.3, 0.4) is 0 Å². The van der Waals surface area contributed by atoms with Crippen molar-refractivity contribution in [2.24, 2.45) is 12.5 Å². The minimum absolute atomic E-state index is 0.121. The van der Waals surface area contributed by atoms with Gasteiger partial charge in [0.15, 0.2) is 11.0 Å². The number of carbonyl (C=O) groups excluding carboxylic acids is 1. The summed E-state index contributed by atoms with van der Waals surface area (Å²) in [5.74, 6) is 1.29. The van der Waals surface area contributed by atoms with Gasteiger partial charge in [-0.25, -0.2) is 9.55 Å². The molecule has 6 heteroatoms. The predicted octanol–water partition coefficient (Wildman–Crippen LogP) is 4.59. The number of rotatable bonds is 3. The number of aromatic nitrogens is 2. The number of hydrogen-bond donors (Lipinski definition) is 1. The second kappa shape index (κ2) is 7.38. The van der Waals surface area contributed by atoms with Gasteiger partial charge in [-0.15, -0.1) is 0 Å². The molecule has 2 aromatic heterocycles. The molecule has 160 valence electrons. The Labute approximate surface area is 180 Å². The number of hydrogen-bond acceptors (Lipinski definition) is 4. The van der Waals surface area contributed by atoms with Gasteiger partial charge in [0, 0.05) is 6.07 Å². The van der Waals surface area contributed by atoms with Crippen molar-refractivity contribution < 1.29 is 18.5 Å². The third kappa shape index (κ3) is 3.52. The molecule has 0 unspecified atom stereocenters. The fourth-order valence-electron chi connectivity index (χ4n) is 3.71. The number of para-hydroxylation sites is 2. The molecule has 2 heterocycles. The molecule has 0 fully saturated rings. The van der Waals surface area contributed by atoms with E-state index < -0.39 is 5.41 Å². The van der Waals surface area contributed by atoms with E-state index in [2.05, 4.69) is 4.98 Å². The highest BCUT2D eigenvalue weighted by atomic mass is 16.5. The van der Waals surface area contributed by atoms with Crippen molar-refractivity contribution in [1.29, 1.82) is 0 Å². The van der Waals surface area contributed by atoms with Crippen molar-refractivity contribution in [3.8, 4) is 17.1 Å². The Morgan fingerprint density at radius 3 is 2.55 bits per heavy atom. The average molecular weight is 420 g/mol. The van der Waals surface area contributed by atoms with Crippen LogP contribution in [-0.4, -0.2) is 11.0 Å². The highest BCUT2D eigenvalue weighted by molar-refractivity contribution is 5.86. The first-order valence-corrected chi connectivity index (χ1v) is 10.4. The molecule has 0 aliphatic heterocycles. The molecule has 0 saturated heterocycles. The number of imidazole rings is 1. The topological polar surface area (TPSA) is 76.2 Å². The van der Waals surface area contributed by atoms with Gasteiger partial charge in [0.25, 0.3) is 5.82 Å². The summed E-state index contributed by atoms with van der Waals surface area (Å²) in [5.41, 5.74) is 2.86. The molecule has 4 aromatic rings. The van der Waals surface area contributed by atoms with Crippen LogP contribution in [0.2, 0.25) is 0 Å². The molecule has 4 rings (SSSR count). The second-order valence-electron chi connectivity index (χ2n) is 8.86. The van der Waals surface area contributed by atoms with Crippen LogP contribution >= 0.6 is 0 Å². The van der Waals surface area contributed by atoms with Gasteiger partial charge in [-0.2, -0.15) is 0 Å². The maximum absolute atomic E-state index is 13.5. The highest BCUT2D eigenvalue weighted by Crippen LogP contribution is 2.30. The number of aromatic amines is 1. The standard InChI is InChI=1S/C25H26N2O4/c1-7-15-12-16-20(13-19(15)31-24(29)25(3,4)5)30-14(2)21(22(16)28)23-26-17-10-8-9-11-18(17)27(23)6/h8-13H,7H2,1-6H3/p+1. The number of nitrogens with zero attached hydrogens (tertiary/aromatic N) is 1. The molecule has 2 aromatic carbocycles. The quantitative estimate of drug-likeness (QED) is 0.299. The first-order valence-electron chi connectivity index (χ1n) is 10.4. The molecule has 0 aliphatic rings. The summed E-state index contributed by atoms with van der Waals surface area (Å²) in [5, 5.41) is 0.465. The molecular formula is C25H27N2O4+. The molecule has 0 saturated carbocycles. The van der Waals surface area contributed by atoms with Crippen LogP contribution in [0.4, 0.5) is 0 Å². The van der Waals surface area contributed by atoms with Gasteiger partial charge in [-0.3, -0.25) is 9.59 Å². The lowest BCUT2D eigenvalue weighted by Crippen LogP contribution is -2.31. The number of nitrogens with one attached hydrogen (secondary N) is 1. The van der Waals surface area contributed by atoms with Crippen molar-refractivity contribution >= 4 is 28.0 Å². The summed E-state index contributed by atoms with van der Waals surface area (Å²) in [4.78, 5) is 29.3. The summed E-state index contributed by atoms with van der Waals surface area (Å²) in [6.45, 7) is 9.15. The smallest absolute Gasteiger partial charge is 0.316 e. The van der Waals surface area contributed by atoms with Gasteiger partial charge in [-0.1, -0.05) is 19.1 Å². The molecule has 1 N–H and O–H groups in total. The van der Waals surface area contributed by atoms with E-state index in [0.717, 1.165) is 16.6 Å². The van der Waals surface area contributed by atoms with E-state index in [1.165, 1.54) is 0 Å². The highest BCUT2D eigenvalue weighted by Gasteiger charge is 2.27. The lowest BCUT2D eigenvalue weighted by Gasteiger charge is -2.18. The van der Waals surface area contributed by atoms with E-state index in [1.54, 1.807) is 39.8 Å². The molecular weight excluding hydrogens is 392 g/mol. The summed E-state index contributed by atoms with van der Waals surface area (Å²) in [6.07, 6.45) is 0.617. The van der Waals surface area contributed by atoms with Crippen LogP contribution in [0, 0.1) is 12.3 Å². The molecule has 0 atom stereocenters. The predicted molar refractivity (Wildman–Crippen MR) is 120 cm³/mol. The van der Waals surface area contributed by atoms with Gasteiger partial charge >= 0.3 is 5.97 Å². The van der Waals surface area contributed by atoms with Crippen LogP contribution in [-0.2, 0) is 18.3 Å². The van der Waals surface area contributed by atoms with Crippen LogP contribution in [0.15, 0.2) is 45.6 Å². The molecule has 0 spiro atoms. The zero-order chi connectivity index (χ0) is 22.5. The van der Waals surface area contributed by atoms with Crippen molar-refractivity contribution in [2.75, 3.05) is 0 Å².